The van der Waals surface area contributed by atoms with Gasteiger partial charge in [-0.1, -0.05) is 6.92 Å². The molecule has 0 aromatic carbocycles. The summed E-state index contributed by atoms with van der Waals surface area (Å²) in [5.41, 5.74) is -2.27. The Morgan fingerprint density at radius 1 is 1.11 bits per heavy atom. The molecular weight excluding hydrogens is 358 g/mol. The number of piperidine rings is 1. The van der Waals surface area contributed by atoms with E-state index in [-0.39, 0.29) is 45.4 Å². The number of rotatable bonds is 2. The first-order chi connectivity index (χ1) is 13.1. The summed E-state index contributed by atoms with van der Waals surface area (Å²) in [4.78, 5) is 0. The first-order valence-electron chi connectivity index (χ1n) is 11.4. The molecule has 0 aromatic rings. The van der Waals surface area contributed by atoms with Crippen molar-refractivity contribution in [1.29, 1.82) is 0 Å². The van der Waals surface area contributed by atoms with Crippen LogP contribution in [0.5, 0.6) is 0 Å². The van der Waals surface area contributed by atoms with Crippen LogP contribution in [0.1, 0.15) is 52.4 Å². The van der Waals surface area contributed by atoms with E-state index in [9.17, 15) is 25.6 Å². The summed E-state index contributed by atoms with van der Waals surface area (Å²) < 4.78 is -0.197. The predicted octanol–water partition coefficient (Wildman–Crippen LogP) is 1.00. The molecule has 1 aliphatic heterocycles. The van der Waals surface area contributed by atoms with Gasteiger partial charge in [-0.15, -0.1) is 0 Å². The molecule has 7 fully saturated rings. The van der Waals surface area contributed by atoms with Gasteiger partial charge in [-0.25, -0.2) is 0 Å². The Bertz CT molecular complexity index is 734. The largest absolute Gasteiger partial charge is 0.633 e. The summed E-state index contributed by atoms with van der Waals surface area (Å²) in [5, 5.41) is 57.9. The highest BCUT2D eigenvalue weighted by molar-refractivity contribution is 5.32. The smallest absolute Gasteiger partial charge is 0.117 e. The van der Waals surface area contributed by atoms with E-state index >= 15 is 0 Å². The van der Waals surface area contributed by atoms with Crippen LogP contribution in [0.3, 0.4) is 0 Å². The molecule has 4 N–H and O–H groups in total. The number of hydrogen-bond acceptors (Lipinski definition) is 5. The molecule has 6 heteroatoms. The van der Waals surface area contributed by atoms with Gasteiger partial charge in [0.2, 0.25) is 0 Å². The van der Waals surface area contributed by atoms with Crippen LogP contribution in [-0.2, 0) is 0 Å². The van der Waals surface area contributed by atoms with Gasteiger partial charge in [0, 0.05) is 22.2 Å². The molecule has 1 unspecified atom stereocenters. The third-order valence-electron chi connectivity index (χ3n) is 11.3. The topological polar surface area (TPSA) is 104 Å². The molecule has 12 atom stereocenters. The van der Waals surface area contributed by atoms with Gasteiger partial charge < -0.3 is 30.3 Å². The summed E-state index contributed by atoms with van der Waals surface area (Å²) in [7, 11) is 0. The molecule has 1 heterocycles. The van der Waals surface area contributed by atoms with E-state index in [1.54, 1.807) is 0 Å². The molecule has 1 saturated heterocycles. The second kappa shape index (κ2) is 4.97. The SMILES string of the molecule is CC[N+]1([O-])C[C@@]2(C)C[C@H](O)C[C@]34[C@@H]5C[C@@H]6CC[C@]5([C@H](O)[C@]6(O)CO)[C@@H](C[C@H]23)[C@H]41. The van der Waals surface area contributed by atoms with Crippen LogP contribution in [-0.4, -0.2) is 68.6 Å². The number of hydrogen-bond donors (Lipinski definition) is 4. The van der Waals surface area contributed by atoms with Crippen LogP contribution in [0, 0.1) is 45.1 Å². The minimum Gasteiger partial charge on any atom is -0.633 e. The quantitative estimate of drug-likeness (QED) is 0.414. The summed E-state index contributed by atoms with van der Waals surface area (Å²) in [6, 6.07) is -0.0787. The molecule has 28 heavy (non-hydrogen) atoms. The fourth-order valence-corrected chi connectivity index (χ4v) is 10.9. The Labute approximate surface area is 166 Å². The van der Waals surface area contributed by atoms with Gasteiger partial charge in [-0.2, -0.15) is 0 Å². The van der Waals surface area contributed by atoms with Gasteiger partial charge in [0.05, 0.1) is 37.9 Å². The maximum atomic E-state index is 14.3. The Balaban J connectivity index is 1.59. The van der Waals surface area contributed by atoms with Gasteiger partial charge in [0.25, 0.3) is 0 Å². The molecule has 7 rings (SSSR count). The summed E-state index contributed by atoms with van der Waals surface area (Å²) in [6.45, 7) is 4.92. The molecule has 6 nitrogen and oxygen atoms in total. The van der Waals surface area contributed by atoms with E-state index in [4.69, 9.17) is 0 Å². The summed E-state index contributed by atoms with van der Waals surface area (Å²) >= 11 is 0. The first-order valence-corrected chi connectivity index (χ1v) is 11.4. The van der Waals surface area contributed by atoms with E-state index < -0.39 is 23.7 Å². The number of aliphatic hydroxyl groups is 4. The number of fused-ring (bicyclic) bond motifs is 2. The van der Waals surface area contributed by atoms with Crippen molar-refractivity contribution in [3.05, 3.63) is 5.21 Å². The lowest BCUT2D eigenvalue weighted by Crippen LogP contribution is -2.73. The number of aliphatic hydroxyl groups excluding tert-OH is 3. The third kappa shape index (κ3) is 1.59. The van der Waals surface area contributed by atoms with Gasteiger partial charge >= 0.3 is 0 Å². The molecule has 6 saturated carbocycles. The van der Waals surface area contributed by atoms with Crippen LogP contribution >= 0.6 is 0 Å². The van der Waals surface area contributed by atoms with Crippen molar-refractivity contribution in [3.8, 4) is 0 Å². The molecule has 7 aliphatic rings. The van der Waals surface area contributed by atoms with Crippen molar-refractivity contribution in [2.24, 2.45) is 39.9 Å². The van der Waals surface area contributed by atoms with E-state index in [1.807, 2.05) is 6.92 Å². The van der Waals surface area contributed by atoms with Crippen LogP contribution in [0.2, 0.25) is 0 Å². The Morgan fingerprint density at radius 2 is 1.86 bits per heavy atom. The Morgan fingerprint density at radius 3 is 2.54 bits per heavy atom. The molecule has 158 valence electrons. The molecule has 0 radical (unpaired) electrons. The lowest BCUT2D eigenvalue weighted by atomic mass is 9.38. The molecular formula is C22H35NO5. The zero-order valence-corrected chi connectivity index (χ0v) is 17.0. The summed E-state index contributed by atoms with van der Waals surface area (Å²) in [5.74, 6) is 0.590. The van der Waals surface area contributed by atoms with E-state index in [0.717, 1.165) is 25.7 Å². The highest BCUT2D eigenvalue weighted by atomic mass is 16.5. The number of hydroxylamine groups is 3. The first kappa shape index (κ1) is 18.5. The van der Waals surface area contributed by atoms with Crippen molar-refractivity contribution in [2.75, 3.05) is 19.7 Å². The predicted molar refractivity (Wildman–Crippen MR) is 102 cm³/mol. The van der Waals surface area contributed by atoms with Crippen molar-refractivity contribution in [3.63, 3.8) is 0 Å². The lowest BCUT2D eigenvalue weighted by Gasteiger charge is -2.70. The third-order valence-corrected chi connectivity index (χ3v) is 11.3. The molecule has 6 aliphatic carbocycles. The zero-order chi connectivity index (χ0) is 19.9. The fourth-order valence-electron chi connectivity index (χ4n) is 10.9. The van der Waals surface area contributed by atoms with E-state index in [2.05, 4.69) is 6.92 Å². The van der Waals surface area contributed by atoms with E-state index in [1.165, 1.54) is 0 Å². The van der Waals surface area contributed by atoms with Gasteiger partial charge in [-0.05, 0) is 63.2 Å². The van der Waals surface area contributed by atoms with Crippen LogP contribution in [0.25, 0.3) is 0 Å². The average Bonchev–Trinajstić information content (AvgIpc) is 3.09. The summed E-state index contributed by atoms with van der Waals surface area (Å²) in [6.07, 6.45) is 3.44. The molecule has 0 amide bonds. The van der Waals surface area contributed by atoms with Crippen molar-refractivity contribution in [1.82, 2.24) is 0 Å². The minimum absolute atomic E-state index is 0.0787. The standard InChI is InChI=1S/C22H35NO5/c1-3-23(28)10-19(2)8-13(25)9-21-15(19)7-14(17(21)23)20-5-4-12(6-16(20)21)22(27,11-24)18(20)26/h12-18,24-27H,3-11H2,1-2H3/t12-,13-,14-,15+,16+,17+,18-,19+,20-,21+,22-,23?/m0/s1. The lowest BCUT2D eigenvalue weighted by molar-refractivity contribution is -0.927. The van der Waals surface area contributed by atoms with Crippen LogP contribution in [0.15, 0.2) is 0 Å². The van der Waals surface area contributed by atoms with Gasteiger partial charge in [0.1, 0.15) is 5.60 Å². The maximum absolute atomic E-state index is 14.3. The van der Waals surface area contributed by atoms with Crippen molar-refractivity contribution >= 4 is 0 Å². The fraction of sp³-hybridized carbons (Fsp3) is 1.00. The number of likely N-dealkylation sites (tertiary alicyclic amines) is 1. The van der Waals surface area contributed by atoms with Crippen molar-refractivity contribution < 1.29 is 25.1 Å². The minimum atomic E-state index is -1.44. The number of quaternary nitrogens is 1. The molecule has 7 bridgehead atoms. The second-order valence-electron chi connectivity index (χ2n) is 11.8. The molecule has 2 spiro atoms. The second-order valence-corrected chi connectivity index (χ2v) is 11.8. The van der Waals surface area contributed by atoms with Crippen LogP contribution in [0.4, 0.5) is 0 Å². The molecule has 0 aromatic heterocycles. The number of nitrogens with zero attached hydrogens (tertiary/aromatic N) is 1. The highest BCUT2D eigenvalue weighted by Gasteiger charge is 2.87. The van der Waals surface area contributed by atoms with Gasteiger partial charge in [0.15, 0.2) is 0 Å². The maximum Gasteiger partial charge on any atom is 0.117 e. The highest BCUT2D eigenvalue weighted by Crippen LogP contribution is 2.84. The monoisotopic (exact) mass is 393 g/mol. The van der Waals surface area contributed by atoms with Crippen molar-refractivity contribution in [2.45, 2.75) is 76.2 Å². The average molecular weight is 394 g/mol. The van der Waals surface area contributed by atoms with Crippen LogP contribution < -0.4 is 0 Å². The van der Waals surface area contributed by atoms with Gasteiger partial charge in [-0.3, -0.25) is 0 Å². The van der Waals surface area contributed by atoms with E-state index in [0.29, 0.717) is 31.8 Å². The Kier molecular flexibility index (Phi) is 3.29. The zero-order valence-electron chi connectivity index (χ0n) is 17.0. The normalized spacial score (nSPS) is 68.9. The Hall–Kier alpha value is -0.240.